The molecule has 0 saturated carbocycles. The Hall–Kier alpha value is -3.06. The Balaban J connectivity index is 1.70. The van der Waals surface area contributed by atoms with Gasteiger partial charge in [-0.05, 0) is 57.0 Å². The van der Waals surface area contributed by atoms with Gasteiger partial charge in [0, 0.05) is 30.1 Å². The molecule has 6 nitrogen and oxygen atoms in total. The molecule has 0 N–H and O–H groups in total. The van der Waals surface area contributed by atoms with Crippen molar-refractivity contribution in [3.05, 3.63) is 60.1 Å². The van der Waals surface area contributed by atoms with E-state index in [0.717, 1.165) is 46.3 Å². The van der Waals surface area contributed by atoms with Crippen LogP contribution in [0.5, 0.6) is 5.75 Å². The Morgan fingerprint density at radius 2 is 2.03 bits per heavy atom. The van der Waals surface area contributed by atoms with Gasteiger partial charge in [0.05, 0.1) is 36.1 Å². The lowest BCUT2D eigenvalue weighted by Crippen LogP contribution is -2.35. The van der Waals surface area contributed by atoms with Crippen molar-refractivity contribution < 1.29 is 13.9 Å². The SMILES string of the molecule is COc1ccc(Cc2nc3cnc4ccc(F)cc4c3n2C2CCOC(C)(C)C2)nc1. The molecule has 31 heavy (non-hydrogen) atoms. The predicted molar refractivity (Wildman–Crippen MR) is 117 cm³/mol. The van der Waals surface area contributed by atoms with Gasteiger partial charge < -0.3 is 14.0 Å². The molecule has 1 aliphatic heterocycles. The van der Waals surface area contributed by atoms with Gasteiger partial charge in [0.1, 0.15) is 22.9 Å². The third-order valence-corrected chi connectivity index (χ3v) is 5.96. The van der Waals surface area contributed by atoms with E-state index in [2.05, 4.69) is 28.4 Å². The molecular weight excluding hydrogens is 395 g/mol. The van der Waals surface area contributed by atoms with E-state index < -0.39 is 0 Å². The molecule has 0 radical (unpaired) electrons. The lowest BCUT2D eigenvalue weighted by molar-refractivity contribution is -0.0688. The summed E-state index contributed by atoms with van der Waals surface area (Å²) in [4.78, 5) is 14.0. The second-order valence-corrected chi connectivity index (χ2v) is 8.67. The minimum absolute atomic E-state index is 0.191. The fourth-order valence-corrected chi connectivity index (χ4v) is 4.53. The fourth-order valence-electron chi connectivity index (χ4n) is 4.53. The zero-order valence-corrected chi connectivity index (χ0v) is 17.9. The Morgan fingerprint density at radius 3 is 2.77 bits per heavy atom. The molecule has 1 atom stereocenters. The van der Waals surface area contributed by atoms with E-state index in [1.807, 2.05) is 12.1 Å². The van der Waals surface area contributed by atoms with Crippen LogP contribution < -0.4 is 4.74 Å². The first-order valence-electron chi connectivity index (χ1n) is 10.5. The normalized spacial score (nSPS) is 18.5. The highest BCUT2D eigenvalue weighted by atomic mass is 19.1. The number of pyridine rings is 2. The number of halogens is 1. The number of imidazole rings is 1. The van der Waals surface area contributed by atoms with Crippen molar-refractivity contribution in [2.75, 3.05) is 13.7 Å². The number of nitrogens with zero attached hydrogens (tertiary/aromatic N) is 4. The van der Waals surface area contributed by atoms with Crippen molar-refractivity contribution in [1.82, 2.24) is 19.5 Å². The molecule has 4 heterocycles. The van der Waals surface area contributed by atoms with Gasteiger partial charge in [-0.15, -0.1) is 0 Å². The standard InChI is InChI=1S/C24H25FN4O2/c1-24(2)12-17(8-9-31-24)29-22(11-16-5-6-18(30-3)13-26-16)28-21-14-27-20-7-4-15(25)10-19(20)23(21)29/h4-7,10,13-14,17H,8-9,11-12H2,1-3H3. The van der Waals surface area contributed by atoms with Crippen LogP contribution in [0.4, 0.5) is 4.39 Å². The van der Waals surface area contributed by atoms with Crippen LogP contribution in [0.1, 0.15) is 44.2 Å². The van der Waals surface area contributed by atoms with Crippen LogP contribution in [0, 0.1) is 5.82 Å². The Kier molecular flexibility index (Phi) is 4.85. The largest absolute Gasteiger partial charge is 0.495 e. The molecular formula is C24H25FN4O2. The molecule has 3 aromatic heterocycles. The highest BCUT2D eigenvalue weighted by molar-refractivity contribution is 6.02. The van der Waals surface area contributed by atoms with Crippen molar-refractivity contribution in [2.45, 2.75) is 44.8 Å². The Labute approximate surface area is 180 Å². The summed E-state index contributed by atoms with van der Waals surface area (Å²) in [5.41, 5.74) is 3.12. The summed E-state index contributed by atoms with van der Waals surface area (Å²) in [5, 5.41) is 0.781. The number of fused-ring (bicyclic) bond motifs is 3. The van der Waals surface area contributed by atoms with E-state index in [9.17, 15) is 4.39 Å². The summed E-state index contributed by atoms with van der Waals surface area (Å²) >= 11 is 0. The summed E-state index contributed by atoms with van der Waals surface area (Å²) in [5.74, 6) is 1.34. The van der Waals surface area contributed by atoms with Crippen molar-refractivity contribution in [2.24, 2.45) is 0 Å². The average molecular weight is 420 g/mol. The smallest absolute Gasteiger partial charge is 0.137 e. The molecule has 4 aromatic rings. The van der Waals surface area contributed by atoms with Crippen LogP contribution >= 0.6 is 0 Å². The third-order valence-electron chi connectivity index (χ3n) is 5.96. The predicted octanol–water partition coefficient (Wildman–Crippen LogP) is 4.85. The molecule has 0 spiro atoms. The maximum absolute atomic E-state index is 14.2. The molecule has 0 amide bonds. The first-order valence-corrected chi connectivity index (χ1v) is 10.5. The quantitative estimate of drug-likeness (QED) is 0.472. The summed E-state index contributed by atoms with van der Waals surface area (Å²) in [6.45, 7) is 4.90. The van der Waals surface area contributed by atoms with Crippen LogP contribution in [0.3, 0.4) is 0 Å². The third kappa shape index (κ3) is 3.74. The van der Waals surface area contributed by atoms with Crippen molar-refractivity contribution in [1.29, 1.82) is 0 Å². The van der Waals surface area contributed by atoms with Gasteiger partial charge in [0.2, 0.25) is 0 Å². The van der Waals surface area contributed by atoms with E-state index >= 15 is 0 Å². The first kappa shape index (κ1) is 19.9. The minimum atomic E-state index is -0.278. The molecule has 5 rings (SSSR count). The molecule has 160 valence electrons. The number of hydrogen-bond acceptors (Lipinski definition) is 5. The number of benzene rings is 1. The summed E-state index contributed by atoms with van der Waals surface area (Å²) in [7, 11) is 1.63. The number of rotatable bonds is 4. The molecule has 7 heteroatoms. The zero-order chi connectivity index (χ0) is 21.6. The first-order chi connectivity index (χ1) is 14.9. The molecule has 1 fully saturated rings. The number of hydrogen-bond donors (Lipinski definition) is 0. The topological polar surface area (TPSA) is 62.1 Å². The molecule has 1 unspecified atom stereocenters. The van der Waals surface area contributed by atoms with Gasteiger partial charge in [-0.2, -0.15) is 0 Å². The Morgan fingerprint density at radius 1 is 1.16 bits per heavy atom. The molecule has 1 aromatic carbocycles. The average Bonchev–Trinajstić information content (AvgIpc) is 3.12. The maximum atomic E-state index is 14.2. The van der Waals surface area contributed by atoms with E-state index in [0.29, 0.717) is 18.8 Å². The number of ether oxygens (including phenoxy) is 2. The van der Waals surface area contributed by atoms with Crippen LogP contribution in [0.25, 0.3) is 21.9 Å². The lowest BCUT2D eigenvalue weighted by atomic mass is 9.93. The van der Waals surface area contributed by atoms with Crippen LogP contribution in [0.2, 0.25) is 0 Å². The van der Waals surface area contributed by atoms with E-state index in [1.54, 1.807) is 31.6 Å². The van der Waals surface area contributed by atoms with Crippen LogP contribution in [0.15, 0.2) is 42.7 Å². The van der Waals surface area contributed by atoms with E-state index in [4.69, 9.17) is 14.5 Å². The molecule has 1 saturated heterocycles. The van der Waals surface area contributed by atoms with Gasteiger partial charge in [-0.3, -0.25) is 9.97 Å². The van der Waals surface area contributed by atoms with Gasteiger partial charge in [0.15, 0.2) is 0 Å². The number of methoxy groups -OCH3 is 1. The maximum Gasteiger partial charge on any atom is 0.137 e. The summed E-state index contributed by atoms with van der Waals surface area (Å²) < 4.78 is 27.7. The molecule has 1 aliphatic rings. The highest BCUT2D eigenvalue weighted by Gasteiger charge is 2.32. The van der Waals surface area contributed by atoms with Gasteiger partial charge in [0.25, 0.3) is 0 Å². The summed E-state index contributed by atoms with van der Waals surface area (Å²) in [6, 6.07) is 8.77. The monoisotopic (exact) mass is 420 g/mol. The second kappa shape index (κ2) is 7.57. The second-order valence-electron chi connectivity index (χ2n) is 8.67. The highest BCUT2D eigenvalue weighted by Crippen LogP contribution is 2.37. The van der Waals surface area contributed by atoms with Crippen molar-refractivity contribution >= 4 is 21.9 Å². The van der Waals surface area contributed by atoms with E-state index in [1.165, 1.54) is 6.07 Å². The fraction of sp³-hybridized carbons (Fsp3) is 0.375. The minimum Gasteiger partial charge on any atom is -0.495 e. The lowest BCUT2D eigenvalue weighted by Gasteiger charge is -2.37. The van der Waals surface area contributed by atoms with Crippen molar-refractivity contribution in [3.63, 3.8) is 0 Å². The van der Waals surface area contributed by atoms with Gasteiger partial charge in [-0.1, -0.05) is 0 Å². The van der Waals surface area contributed by atoms with Crippen LogP contribution in [-0.2, 0) is 11.2 Å². The molecule has 0 aliphatic carbocycles. The Bertz CT molecular complexity index is 1250. The molecule has 0 bridgehead atoms. The zero-order valence-electron chi connectivity index (χ0n) is 17.9. The van der Waals surface area contributed by atoms with E-state index in [-0.39, 0.29) is 17.5 Å². The van der Waals surface area contributed by atoms with Crippen molar-refractivity contribution in [3.8, 4) is 5.75 Å². The van der Waals surface area contributed by atoms with Gasteiger partial charge >= 0.3 is 0 Å². The van der Waals surface area contributed by atoms with Crippen LogP contribution in [-0.4, -0.2) is 38.8 Å². The summed E-state index contributed by atoms with van der Waals surface area (Å²) in [6.07, 6.45) is 5.78. The number of aromatic nitrogens is 4. The van der Waals surface area contributed by atoms with Gasteiger partial charge in [-0.25, -0.2) is 9.37 Å².